The van der Waals surface area contributed by atoms with Crippen molar-refractivity contribution in [2.75, 3.05) is 0 Å². The van der Waals surface area contributed by atoms with E-state index in [4.69, 9.17) is 4.99 Å². The lowest BCUT2D eigenvalue weighted by Crippen LogP contribution is -2.09. The number of carbonyl (C=O) groups excluding carboxylic acids is 1. The number of aromatic nitrogens is 2. The Morgan fingerprint density at radius 3 is 2.52 bits per heavy atom. The Kier molecular flexibility index (Phi) is 4.86. The largest absolute Gasteiger partial charge is 0.299 e. The zero-order valence-electron chi connectivity index (χ0n) is 15.3. The number of aliphatic imine (C=N–C) groups is 1. The molecule has 0 radical (unpaired) electrons. The van der Waals surface area contributed by atoms with Crippen LogP contribution in [0.4, 0.5) is 5.69 Å². The van der Waals surface area contributed by atoms with Gasteiger partial charge in [-0.15, -0.1) is 0 Å². The summed E-state index contributed by atoms with van der Waals surface area (Å²) in [5.74, 6) is 0.195. The summed E-state index contributed by atoms with van der Waals surface area (Å²) in [6.07, 6.45) is 4.25. The standard InChI is InChI=1S/C22H19N3OS/c1-14-9-17-11-18(26)13-21(25-20(17)10-15(14)2)16-5-3-6-19(12-16)27-22-23-7-4-8-24-22/h3-10,12H,11,13H2,1-2H3. The van der Waals surface area contributed by atoms with Crippen molar-refractivity contribution >= 4 is 28.9 Å². The van der Waals surface area contributed by atoms with Crippen LogP contribution in [0, 0.1) is 13.8 Å². The predicted molar refractivity (Wildman–Crippen MR) is 108 cm³/mol. The van der Waals surface area contributed by atoms with Crippen molar-refractivity contribution in [3.8, 4) is 0 Å². The second-order valence-corrected chi connectivity index (χ2v) is 7.72. The molecular formula is C22H19N3OS. The fraction of sp³-hybridized carbons (Fsp3) is 0.182. The van der Waals surface area contributed by atoms with Crippen molar-refractivity contribution in [1.29, 1.82) is 0 Å². The Hall–Kier alpha value is -2.79. The Labute approximate surface area is 162 Å². The number of aryl methyl sites for hydroxylation is 2. The van der Waals surface area contributed by atoms with Crippen LogP contribution in [-0.2, 0) is 11.2 Å². The maximum atomic E-state index is 12.5. The number of nitrogens with zero attached hydrogens (tertiary/aromatic N) is 3. The smallest absolute Gasteiger partial charge is 0.192 e. The number of ketones is 1. The molecule has 0 fully saturated rings. The van der Waals surface area contributed by atoms with E-state index in [1.54, 1.807) is 18.5 Å². The molecule has 1 aliphatic heterocycles. The molecule has 0 atom stereocenters. The Morgan fingerprint density at radius 2 is 1.70 bits per heavy atom. The summed E-state index contributed by atoms with van der Waals surface area (Å²) in [5, 5.41) is 0.699. The maximum Gasteiger partial charge on any atom is 0.192 e. The number of hydrogen-bond acceptors (Lipinski definition) is 5. The molecule has 0 saturated heterocycles. The molecule has 0 aliphatic carbocycles. The number of fused-ring (bicyclic) bond motifs is 1. The number of benzene rings is 2. The summed E-state index contributed by atoms with van der Waals surface area (Å²) in [5.41, 5.74) is 6.09. The lowest BCUT2D eigenvalue weighted by atomic mass is 9.99. The van der Waals surface area contributed by atoms with Crippen LogP contribution in [0.3, 0.4) is 0 Å². The van der Waals surface area contributed by atoms with Gasteiger partial charge in [-0.1, -0.05) is 18.2 Å². The second-order valence-electron chi connectivity index (χ2n) is 6.68. The fourth-order valence-corrected chi connectivity index (χ4v) is 3.87. The van der Waals surface area contributed by atoms with Gasteiger partial charge in [0.05, 0.1) is 11.4 Å². The highest BCUT2D eigenvalue weighted by Crippen LogP contribution is 2.30. The van der Waals surface area contributed by atoms with E-state index in [-0.39, 0.29) is 5.78 Å². The van der Waals surface area contributed by atoms with E-state index in [0.29, 0.717) is 18.0 Å². The van der Waals surface area contributed by atoms with Crippen LogP contribution in [0.5, 0.6) is 0 Å². The molecule has 1 aromatic heterocycles. The summed E-state index contributed by atoms with van der Waals surface area (Å²) in [6, 6.07) is 14.0. The van der Waals surface area contributed by atoms with Crippen LogP contribution in [0.15, 0.2) is 69.9 Å². The Bertz CT molecular complexity index is 1040. The van der Waals surface area contributed by atoms with E-state index >= 15 is 0 Å². The van der Waals surface area contributed by atoms with Gasteiger partial charge in [-0.05, 0) is 72.1 Å². The molecule has 134 valence electrons. The van der Waals surface area contributed by atoms with Crippen LogP contribution in [0.1, 0.15) is 28.7 Å². The van der Waals surface area contributed by atoms with Crippen molar-refractivity contribution in [3.05, 3.63) is 77.1 Å². The Morgan fingerprint density at radius 1 is 0.926 bits per heavy atom. The molecule has 3 aromatic rings. The van der Waals surface area contributed by atoms with Crippen LogP contribution >= 0.6 is 11.8 Å². The number of carbonyl (C=O) groups is 1. The minimum Gasteiger partial charge on any atom is -0.299 e. The zero-order valence-corrected chi connectivity index (χ0v) is 16.1. The SMILES string of the molecule is Cc1cc2c(cc1C)N=C(c1cccc(Sc3ncccn3)c1)CC(=O)C2. The maximum absolute atomic E-state index is 12.5. The normalized spacial score (nSPS) is 13.7. The Balaban J connectivity index is 1.71. The highest BCUT2D eigenvalue weighted by molar-refractivity contribution is 7.99. The molecule has 0 spiro atoms. The number of hydrogen-bond donors (Lipinski definition) is 0. The second kappa shape index (κ2) is 7.45. The lowest BCUT2D eigenvalue weighted by Gasteiger charge is -2.08. The monoisotopic (exact) mass is 373 g/mol. The first-order chi connectivity index (χ1) is 13.1. The summed E-state index contributed by atoms with van der Waals surface area (Å²) in [6.45, 7) is 4.15. The van der Waals surface area contributed by atoms with E-state index in [9.17, 15) is 4.79 Å². The van der Waals surface area contributed by atoms with Gasteiger partial charge >= 0.3 is 0 Å². The average Bonchev–Trinajstić information content (AvgIpc) is 2.81. The van der Waals surface area contributed by atoms with Crippen LogP contribution in [0.25, 0.3) is 0 Å². The van der Waals surface area contributed by atoms with Crippen molar-refractivity contribution in [3.63, 3.8) is 0 Å². The van der Waals surface area contributed by atoms with Gasteiger partial charge in [0.2, 0.25) is 0 Å². The van der Waals surface area contributed by atoms with Crippen molar-refractivity contribution in [2.24, 2.45) is 4.99 Å². The van der Waals surface area contributed by atoms with Crippen molar-refractivity contribution in [2.45, 2.75) is 36.7 Å². The molecular weight excluding hydrogens is 354 g/mol. The molecule has 0 amide bonds. The van der Waals surface area contributed by atoms with Gasteiger partial charge in [0.15, 0.2) is 5.16 Å². The lowest BCUT2D eigenvalue weighted by molar-refractivity contribution is -0.117. The molecule has 4 rings (SSSR count). The van der Waals surface area contributed by atoms with E-state index in [1.165, 1.54) is 22.9 Å². The van der Waals surface area contributed by atoms with Gasteiger partial charge in [0, 0.05) is 30.1 Å². The van der Waals surface area contributed by atoms with Crippen molar-refractivity contribution < 1.29 is 4.79 Å². The van der Waals surface area contributed by atoms with Gasteiger partial charge in [-0.3, -0.25) is 9.79 Å². The van der Waals surface area contributed by atoms with Crippen LogP contribution in [0.2, 0.25) is 0 Å². The molecule has 27 heavy (non-hydrogen) atoms. The molecule has 0 N–H and O–H groups in total. The fourth-order valence-electron chi connectivity index (χ4n) is 3.10. The minimum absolute atomic E-state index is 0.195. The number of rotatable bonds is 3. The summed E-state index contributed by atoms with van der Waals surface area (Å²) < 4.78 is 0. The van der Waals surface area contributed by atoms with Gasteiger partial charge in [0.1, 0.15) is 5.78 Å². The molecule has 0 saturated carbocycles. The first-order valence-electron chi connectivity index (χ1n) is 8.83. The molecule has 0 bridgehead atoms. The van der Waals surface area contributed by atoms with E-state index < -0.39 is 0 Å². The highest BCUT2D eigenvalue weighted by Gasteiger charge is 2.19. The summed E-state index contributed by atoms with van der Waals surface area (Å²) >= 11 is 1.50. The van der Waals surface area contributed by atoms with E-state index in [1.807, 2.05) is 18.2 Å². The van der Waals surface area contributed by atoms with Crippen LogP contribution < -0.4 is 0 Å². The van der Waals surface area contributed by atoms with Crippen molar-refractivity contribution in [1.82, 2.24) is 9.97 Å². The number of Topliss-reactive ketones (excluding diaryl/α,β-unsaturated/α-hetero) is 1. The third-order valence-corrected chi connectivity index (χ3v) is 5.50. The summed E-state index contributed by atoms with van der Waals surface area (Å²) in [7, 11) is 0. The minimum atomic E-state index is 0.195. The zero-order chi connectivity index (χ0) is 18.8. The highest BCUT2D eigenvalue weighted by atomic mass is 32.2. The molecule has 1 aliphatic rings. The quantitative estimate of drug-likeness (QED) is 0.614. The predicted octanol–water partition coefficient (Wildman–Crippen LogP) is 4.88. The molecule has 2 heterocycles. The molecule has 2 aromatic carbocycles. The third kappa shape index (κ3) is 3.98. The summed E-state index contributed by atoms with van der Waals surface area (Å²) in [4.78, 5) is 26.9. The molecule has 0 unspecified atom stereocenters. The van der Waals surface area contributed by atoms with Gasteiger partial charge < -0.3 is 0 Å². The molecule has 4 nitrogen and oxygen atoms in total. The molecule has 5 heteroatoms. The third-order valence-electron chi connectivity index (χ3n) is 4.62. The van der Waals surface area contributed by atoms with Gasteiger partial charge in [-0.25, -0.2) is 9.97 Å². The topological polar surface area (TPSA) is 55.2 Å². The van der Waals surface area contributed by atoms with E-state index in [0.717, 1.165) is 27.4 Å². The average molecular weight is 373 g/mol. The van der Waals surface area contributed by atoms with Gasteiger partial charge in [0.25, 0.3) is 0 Å². The first kappa shape index (κ1) is 17.6. The first-order valence-corrected chi connectivity index (χ1v) is 9.65. The van der Waals surface area contributed by atoms with Crippen LogP contribution in [-0.4, -0.2) is 21.5 Å². The van der Waals surface area contributed by atoms with Gasteiger partial charge in [-0.2, -0.15) is 0 Å². The van der Waals surface area contributed by atoms with E-state index in [2.05, 4.69) is 42.0 Å².